The SMILES string of the molecule is [B]P1(=O)OCC2OC(O)C(O)C2OP([B])(=S)OCC2OC(O)C(O)C2O1. The van der Waals surface area contributed by atoms with Crippen LogP contribution in [0.2, 0.25) is 0 Å². The lowest BCUT2D eigenvalue weighted by molar-refractivity contribution is -0.132. The summed E-state index contributed by atoms with van der Waals surface area (Å²) in [5.74, 6) is 0. The number of aliphatic hydroxyl groups is 4. The fourth-order valence-electron chi connectivity index (χ4n) is 2.72. The first-order valence-electron chi connectivity index (χ1n) is 7.45. The van der Waals surface area contributed by atoms with Gasteiger partial charge in [0.25, 0.3) is 7.47 Å². The monoisotopic (exact) mass is 428 g/mol. The van der Waals surface area contributed by atoms with Gasteiger partial charge in [-0.3, -0.25) is 4.57 Å². The molecule has 26 heavy (non-hydrogen) atoms. The van der Waals surface area contributed by atoms with E-state index in [1.165, 1.54) is 0 Å². The van der Waals surface area contributed by atoms with Gasteiger partial charge < -0.3 is 48.0 Å². The zero-order chi connectivity index (χ0) is 19.3. The Kier molecular flexibility index (Phi) is 6.39. The van der Waals surface area contributed by atoms with Crippen molar-refractivity contribution in [3.63, 3.8) is 0 Å². The molecule has 0 saturated carbocycles. The predicted molar refractivity (Wildman–Crippen MR) is 88.8 cm³/mol. The molecule has 3 heterocycles. The van der Waals surface area contributed by atoms with Crippen LogP contribution in [0.5, 0.6) is 0 Å². The van der Waals surface area contributed by atoms with E-state index in [0.29, 0.717) is 0 Å². The molecule has 0 amide bonds. The van der Waals surface area contributed by atoms with Gasteiger partial charge in [-0.15, -0.1) is 0 Å². The molecule has 4 radical (unpaired) electrons. The molecule has 0 aromatic heterocycles. The first-order valence-corrected chi connectivity index (χ1v) is 11.8. The fraction of sp³-hybridized carbons (Fsp3) is 1.00. The lowest BCUT2D eigenvalue weighted by atomic mass is 10.1. The molecule has 3 aliphatic heterocycles. The second-order valence-corrected chi connectivity index (χ2v) is 10.5. The van der Waals surface area contributed by atoms with Gasteiger partial charge in [0.1, 0.15) is 43.0 Å². The highest BCUT2D eigenvalue weighted by Crippen LogP contribution is 2.51. The molecule has 16 heteroatoms. The van der Waals surface area contributed by atoms with Crippen molar-refractivity contribution >= 4 is 40.8 Å². The highest BCUT2D eigenvalue weighted by Gasteiger charge is 2.50. The van der Waals surface area contributed by atoms with Crippen molar-refractivity contribution < 1.29 is 52.6 Å². The van der Waals surface area contributed by atoms with Crippen LogP contribution in [-0.4, -0.2) is 98.0 Å². The van der Waals surface area contributed by atoms with E-state index in [4.69, 9.17) is 54.5 Å². The highest BCUT2D eigenvalue weighted by atomic mass is 32.4. The van der Waals surface area contributed by atoms with Crippen molar-refractivity contribution in [1.29, 1.82) is 0 Å². The molecule has 0 aliphatic carbocycles. The minimum Gasteiger partial charge on any atom is -0.385 e. The zero-order valence-corrected chi connectivity index (χ0v) is 15.7. The van der Waals surface area contributed by atoms with Crippen LogP contribution in [-0.2, 0) is 43.9 Å². The van der Waals surface area contributed by atoms with Crippen molar-refractivity contribution in [2.45, 2.75) is 49.2 Å². The number of fused-ring (bicyclic) bond motifs is 2. The second-order valence-electron chi connectivity index (χ2n) is 5.92. The van der Waals surface area contributed by atoms with Crippen molar-refractivity contribution in [2.75, 3.05) is 13.2 Å². The van der Waals surface area contributed by atoms with Crippen molar-refractivity contribution in [2.24, 2.45) is 0 Å². The van der Waals surface area contributed by atoms with Gasteiger partial charge in [0.05, 0.1) is 13.2 Å². The molecule has 4 N–H and O–H groups in total. The molecule has 11 nitrogen and oxygen atoms in total. The van der Waals surface area contributed by atoms with E-state index in [1.807, 2.05) is 0 Å². The van der Waals surface area contributed by atoms with Gasteiger partial charge in [-0.05, 0) is 11.8 Å². The zero-order valence-electron chi connectivity index (χ0n) is 13.1. The van der Waals surface area contributed by atoms with E-state index >= 15 is 0 Å². The van der Waals surface area contributed by atoms with Crippen LogP contribution in [0.3, 0.4) is 0 Å². The largest absolute Gasteiger partial charge is 0.385 e. The summed E-state index contributed by atoms with van der Waals surface area (Å²) in [5.41, 5.74) is 0. The molecule has 0 aromatic rings. The van der Waals surface area contributed by atoms with Crippen molar-refractivity contribution in [1.82, 2.24) is 0 Å². The third-order valence-electron chi connectivity index (χ3n) is 3.99. The Hall–Kier alpha value is 0.610. The number of aliphatic hydroxyl groups excluding tert-OH is 4. The van der Waals surface area contributed by atoms with Crippen LogP contribution < -0.4 is 0 Å². The van der Waals surface area contributed by atoms with E-state index in [1.54, 1.807) is 0 Å². The van der Waals surface area contributed by atoms with E-state index in [9.17, 15) is 25.0 Å². The lowest BCUT2D eigenvalue weighted by Crippen LogP contribution is -2.39. The number of hydrogen-bond donors (Lipinski definition) is 4. The summed E-state index contributed by atoms with van der Waals surface area (Å²) in [6, 6.07) is 0. The summed E-state index contributed by atoms with van der Waals surface area (Å²) < 4.78 is 43.3. The summed E-state index contributed by atoms with van der Waals surface area (Å²) in [6.07, 6.45) is -14.7. The summed E-state index contributed by atoms with van der Waals surface area (Å²) in [4.78, 5) is 0. The van der Waals surface area contributed by atoms with E-state index in [0.717, 1.165) is 0 Å². The molecular formula is C10H16B2O11P2S. The van der Waals surface area contributed by atoms with E-state index in [2.05, 4.69) is 0 Å². The normalized spacial score (nSPS) is 56.2. The average Bonchev–Trinajstić information content (AvgIpc) is 2.95. The molecule has 3 aliphatic rings. The van der Waals surface area contributed by atoms with E-state index < -0.39 is 76.3 Å². The Labute approximate surface area is 156 Å². The minimum atomic E-state index is -4.25. The Morgan fingerprint density at radius 1 is 0.846 bits per heavy atom. The molecule has 0 spiro atoms. The number of rotatable bonds is 0. The van der Waals surface area contributed by atoms with Gasteiger partial charge in [-0.1, -0.05) is 0 Å². The molecule has 10 atom stereocenters. The van der Waals surface area contributed by atoms with Crippen LogP contribution in [0.15, 0.2) is 0 Å². The summed E-state index contributed by atoms with van der Waals surface area (Å²) in [6.45, 7) is -0.914. The molecule has 10 unspecified atom stereocenters. The topological polar surface area (TPSA) is 153 Å². The second kappa shape index (κ2) is 7.79. The molecule has 0 bridgehead atoms. The van der Waals surface area contributed by atoms with Crippen LogP contribution in [0, 0.1) is 0 Å². The maximum Gasteiger partial charge on any atom is 0.264 e. The van der Waals surface area contributed by atoms with Crippen LogP contribution in [0.25, 0.3) is 0 Å². The smallest absolute Gasteiger partial charge is 0.264 e. The number of hydrogen-bond acceptors (Lipinski definition) is 12. The fourth-order valence-corrected chi connectivity index (χ4v) is 5.23. The van der Waals surface area contributed by atoms with Crippen LogP contribution >= 0.6 is 13.8 Å². The van der Waals surface area contributed by atoms with Crippen LogP contribution in [0.1, 0.15) is 0 Å². The minimum absolute atomic E-state index is 0.399. The first kappa shape index (κ1) is 21.3. The third-order valence-corrected chi connectivity index (χ3v) is 6.66. The van der Waals surface area contributed by atoms with Gasteiger partial charge in [-0.2, -0.15) is 0 Å². The van der Waals surface area contributed by atoms with Gasteiger partial charge in [0.2, 0.25) is 7.57 Å². The quantitative estimate of drug-likeness (QED) is 0.241. The first-order chi connectivity index (χ1) is 12.0. The molecule has 3 rings (SSSR count). The Morgan fingerprint density at radius 3 is 1.85 bits per heavy atom. The van der Waals surface area contributed by atoms with Crippen molar-refractivity contribution in [3.8, 4) is 0 Å². The predicted octanol–water partition coefficient (Wildman–Crippen LogP) is -2.37. The van der Waals surface area contributed by atoms with Gasteiger partial charge in [0, 0.05) is 0 Å². The van der Waals surface area contributed by atoms with Gasteiger partial charge in [-0.25, -0.2) is 0 Å². The Bertz CT molecular complexity index is 576. The Morgan fingerprint density at radius 2 is 1.31 bits per heavy atom. The standard InChI is InChI=1S/C10H16B2O11P2S/c11-24(17)18-1-3-8(6(14)10(16)20-3)23-25(12,26)19-2-4-7(22-24)5(13)9(15)21-4/h3-10,13-16H,1-2H2. The maximum atomic E-state index is 12.3. The summed E-state index contributed by atoms with van der Waals surface area (Å²) in [7, 11) is 7.06. The average molecular weight is 428 g/mol. The number of ether oxygens (including phenoxy) is 2. The highest BCUT2D eigenvalue weighted by molar-refractivity contribution is 8.21. The lowest BCUT2D eigenvalue weighted by Gasteiger charge is -2.31. The molecular weight excluding hydrogens is 412 g/mol. The summed E-state index contributed by atoms with van der Waals surface area (Å²) in [5, 5.41) is 39.1. The third kappa shape index (κ3) is 4.60. The molecule has 144 valence electrons. The van der Waals surface area contributed by atoms with Gasteiger partial charge >= 0.3 is 0 Å². The summed E-state index contributed by atoms with van der Waals surface area (Å²) >= 11 is 5.06. The van der Waals surface area contributed by atoms with E-state index in [-0.39, 0.29) is 0 Å². The maximum absolute atomic E-state index is 12.3. The van der Waals surface area contributed by atoms with Crippen molar-refractivity contribution in [3.05, 3.63) is 0 Å². The Balaban J connectivity index is 1.85. The molecule has 3 saturated heterocycles. The molecule has 3 fully saturated rings. The van der Waals surface area contributed by atoms with Gasteiger partial charge in [0.15, 0.2) is 20.1 Å². The molecule has 0 aromatic carbocycles. The van der Waals surface area contributed by atoms with Crippen LogP contribution in [0.4, 0.5) is 0 Å².